The van der Waals surface area contributed by atoms with Gasteiger partial charge in [-0.05, 0) is 22.4 Å². The fraction of sp³-hybridized carbons (Fsp3) is 0.143. The van der Waals surface area contributed by atoms with E-state index in [2.05, 4.69) is 36.4 Å². The molecule has 16 heavy (non-hydrogen) atoms. The van der Waals surface area contributed by atoms with Crippen LogP contribution in [0.3, 0.4) is 0 Å². The second kappa shape index (κ2) is 5.10. The molecule has 82 valence electrons. The van der Waals surface area contributed by atoms with Gasteiger partial charge in [0.2, 0.25) is 0 Å². The molecule has 1 unspecified atom stereocenters. The molecule has 0 heterocycles. The van der Waals surface area contributed by atoms with Crippen LogP contribution in [0.2, 0.25) is 6.04 Å². The van der Waals surface area contributed by atoms with Crippen LogP contribution in [0.4, 0.5) is 0 Å². The van der Waals surface area contributed by atoms with Gasteiger partial charge in [0.05, 0.1) is 0 Å². The maximum atomic E-state index is 9.64. The van der Waals surface area contributed by atoms with E-state index in [1.165, 1.54) is 16.3 Å². The van der Waals surface area contributed by atoms with Gasteiger partial charge in [-0.15, -0.1) is 0 Å². The molecule has 0 spiro atoms. The quantitative estimate of drug-likeness (QED) is 0.800. The molecule has 0 bridgehead atoms. The van der Waals surface area contributed by atoms with Gasteiger partial charge in [0, 0.05) is 0 Å². The second-order valence-corrected chi connectivity index (χ2v) is 6.24. The number of fused-ring (bicyclic) bond motifs is 1. The SMILES string of the molecule is CC[SiH](O)C=Cc1cccc2ccccc12. The summed E-state index contributed by atoms with van der Waals surface area (Å²) < 4.78 is 0. The fourth-order valence-electron chi connectivity index (χ4n) is 1.75. The predicted octanol–water partition coefficient (Wildman–Crippen LogP) is 3.13. The van der Waals surface area contributed by atoms with Crippen LogP contribution < -0.4 is 0 Å². The standard InChI is InChI=1S/C14H16OSi/c1-2-16(15)11-10-13-8-5-7-12-6-3-4-9-14(12)13/h3-11,15-16H,2H2,1H3. The molecule has 0 saturated heterocycles. The molecule has 1 nitrogen and oxygen atoms in total. The molecule has 2 aromatic rings. The Morgan fingerprint density at radius 1 is 1.12 bits per heavy atom. The molecule has 2 heteroatoms. The Morgan fingerprint density at radius 2 is 1.88 bits per heavy atom. The van der Waals surface area contributed by atoms with Crippen molar-refractivity contribution in [2.45, 2.75) is 13.0 Å². The molecule has 0 aliphatic rings. The van der Waals surface area contributed by atoms with Crippen LogP contribution in [0.15, 0.2) is 48.2 Å². The van der Waals surface area contributed by atoms with Gasteiger partial charge in [0.15, 0.2) is 9.04 Å². The average Bonchev–Trinajstić information content (AvgIpc) is 2.35. The minimum absolute atomic E-state index is 0.890. The molecule has 0 amide bonds. The summed E-state index contributed by atoms with van der Waals surface area (Å²) in [6.45, 7) is 2.03. The topological polar surface area (TPSA) is 20.2 Å². The van der Waals surface area contributed by atoms with Gasteiger partial charge in [0.1, 0.15) is 0 Å². The number of hydrogen-bond acceptors (Lipinski definition) is 1. The first-order valence-corrected chi connectivity index (χ1v) is 7.65. The van der Waals surface area contributed by atoms with E-state index in [0.717, 1.165) is 6.04 Å². The summed E-state index contributed by atoms with van der Waals surface area (Å²) in [6.07, 6.45) is 2.06. The number of benzene rings is 2. The highest BCUT2D eigenvalue weighted by molar-refractivity contribution is 6.57. The summed E-state index contributed by atoms with van der Waals surface area (Å²) in [5.74, 6) is 0. The Balaban J connectivity index is 2.41. The van der Waals surface area contributed by atoms with Crippen LogP contribution in [0.5, 0.6) is 0 Å². The molecule has 2 rings (SSSR count). The highest BCUT2D eigenvalue weighted by atomic mass is 28.3. The first-order valence-electron chi connectivity index (χ1n) is 5.65. The lowest BCUT2D eigenvalue weighted by Crippen LogP contribution is -2.04. The lowest BCUT2D eigenvalue weighted by molar-refractivity contribution is 0.585. The fourth-order valence-corrected chi connectivity index (χ4v) is 2.45. The van der Waals surface area contributed by atoms with Crippen molar-refractivity contribution in [1.82, 2.24) is 0 Å². The Kier molecular flexibility index (Phi) is 3.54. The van der Waals surface area contributed by atoms with Crippen LogP contribution in [-0.2, 0) is 0 Å². The van der Waals surface area contributed by atoms with E-state index in [1.807, 2.05) is 24.8 Å². The van der Waals surface area contributed by atoms with Gasteiger partial charge in [-0.25, -0.2) is 0 Å². The third kappa shape index (κ3) is 2.40. The Labute approximate surface area is 97.8 Å². The highest BCUT2D eigenvalue weighted by Crippen LogP contribution is 2.19. The van der Waals surface area contributed by atoms with Crippen molar-refractivity contribution in [3.8, 4) is 0 Å². The van der Waals surface area contributed by atoms with Crippen molar-refractivity contribution >= 4 is 25.9 Å². The molecule has 2 aromatic carbocycles. The predicted molar refractivity (Wildman–Crippen MR) is 72.8 cm³/mol. The summed E-state index contributed by atoms with van der Waals surface area (Å²) in [7, 11) is -1.61. The van der Waals surface area contributed by atoms with Crippen molar-refractivity contribution in [1.29, 1.82) is 0 Å². The smallest absolute Gasteiger partial charge is 0.196 e. The normalized spacial score (nSPS) is 13.4. The van der Waals surface area contributed by atoms with Gasteiger partial charge in [-0.1, -0.05) is 61.2 Å². The zero-order valence-electron chi connectivity index (χ0n) is 9.43. The molecular weight excluding hydrogens is 212 g/mol. The van der Waals surface area contributed by atoms with Crippen LogP contribution >= 0.6 is 0 Å². The molecule has 0 radical (unpaired) electrons. The van der Waals surface area contributed by atoms with E-state index in [4.69, 9.17) is 0 Å². The van der Waals surface area contributed by atoms with Crippen LogP contribution in [-0.4, -0.2) is 13.8 Å². The lowest BCUT2D eigenvalue weighted by Gasteiger charge is -2.02. The largest absolute Gasteiger partial charge is 0.431 e. The maximum absolute atomic E-state index is 9.64. The van der Waals surface area contributed by atoms with Crippen LogP contribution in [0, 0.1) is 0 Å². The van der Waals surface area contributed by atoms with Gasteiger partial charge < -0.3 is 4.80 Å². The highest BCUT2D eigenvalue weighted by Gasteiger charge is 1.99. The van der Waals surface area contributed by atoms with E-state index in [1.54, 1.807) is 0 Å². The number of rotatable bonds is 3. The molecule has 1 N–H and O–H groups in total. The van der Waals surface area contributed by atoms with Crippen molar-refractivity contribution in [2.75, 3.05) is 0 Å². The van der Waals surface area contributed by atoms with Gasteiger partial charge >= 0.3 is 0 Å². The maximum Gasteiger partial charge on any atom is 0.196 e. The molecule has 0 aliphatic carbocycles. The molecule has 0 fully saturated rings. The first-order chi connectivity index (χ1) is 7.81. The minimum atomic E-state index is -1.61. The van der Waals surface area contributed by atoms with Gasteiger partial charge in [-0.3, -0.25) is 0 Å². The van der Waals surface area contributed by atoms with Crippen LogP contribution in [0.1, 0.15) is 12.5 Å². The molecule has 0 aromatic heterocycles. The summed E-state index contributed by atoms with van der Waals surface area (Å²) in [6, 6.07) is 15.5. The van der Waals surface area contributed by atoms with E-state index in [-0.39, 0.29) is 0 Å². The van der Waals surface area contributed by atoms with E-state index < -0.39 is 9.04 Å². The first kappa shape index (κ1) is 11.1. The zero-order valence-corrected chi connectivity index (χ0v) is 10.6. The Hall–Kier alpha value is -1.38. The second-order valence-electron chi connectivity index (χ2n) is 3.90. The third-order valence-electron chi connectivity index (χ3n) is 2.74. The zero-order chi connectivity index (χ0) is 11.4. The average molecular weight is 228 g/mol. The van der Waals surface area contributed by atoms with Crippen molar-refractivity contribution in [3.05, 3.63) is 53.7 Å². The van der Waals surface area contributed by atoms with E-state index >= 15 is 0 Å². The minimum Gasteiger partial charge on any atom is -0.431 e. The molecular formula is C14H16OSi. The van der Waals surface area contributed by atoms with Crippen molar-refractivity contribution < 1.29 is 4.80 Å². The Morgan fingerprint density at radius 3 is 2.69 bits per heavy atom. The summed E-state index contributed by atoms with van der Waals surface area (Å²) >= 11 is 0. The van der Waals surface area contributed by atoms with Crippen LogP contribution in [0.25, 0.3) is 16.8 Å². The Bertz CT molecular complexity index is 500. The van der Waals surface area contributed by atoms with E-state index in [9.17, 15) is 4.80 Å². The lowest BCUT2D eigenvalue weighted by atomic mass is 10.1. The summed E-state index contributed by atoms with van der Waals surface area (Å²) in [5, 5.41) is 2.50. The van der Waals surface area contributed by atoms with Gasteiger partial charge in [-0.2, -0.15) is 0 Å². The summed E-state index contributed by atoms with van der Waals surface area (Å²) in [5.41, 5.74) is 3.18. The van der Waals surface area contributed by atoms with E-state index in [0.29, 0.717) is 0 Å². The molecule has 0 aliphatic heterocycles. The molecule has 1 atom stereocenters. The van der Waals surface area contributed by atoms with Crippen molar-refractivity contribution in [3.63, 3.8) is 0 Å². The summed E-state index contributed by atoms with van der Waals surface area (Å²) in [4.78, 5) is 9.64. The number of hydrogen-bond donors (Lipinski definition) is 1. The van der Waals surface area contributed by atoms with Crippen molar-refractivity contribution in [2.24, 2.45) is 0 Å². The molecule has 0 saturated carbocycles. The monoisotopic (exact) mass is 228 g/mol. The third-order valence-corrected chi connectivity index (χ3v) is 4.21. The van der Waals surface area contributed by atoms with Gasteiger partial charge in [0.25, 0.3) is 0 Å².